The molecule has 0 unspecified atom stereocenters. The van der Waals surface area contributed by atoms with E-state index < -0.39 is 0 Å². The predicted molar refractivity (Wildman–Crippen MR) is 117 cm³/mol. The van der Waals surface area contributed by atoms with Gasteiger partial charge in [-0.15, -0.1) is 16.4 Å². The Balaban J connectivity index is 1.32. The summed E-state index contributed by atoms with van der Waals surface area (Å²) >= 11 is 1.35. The monoisotopic (exact) mass is 428 g/mol. The number of carbonyl (C=O) groups excluding carboxylic acids is 1. The Kier molecular flexibility index (Phi) is 4.81. The van der Waals surface area contributed by atoms with Gasteiger partial charge in [0, 0.05) is 17.1 Å². The van der Waals surface area contributed by atoms with Gasteiger partial charge >= 0.3 is 0 Å². The van der Waals surface area contributed by atoms with Gasteiger partial charge in [-0.3, -0.25) is 10.1 Å². The average Bonchev–Trinajstić information content (AvgIpc) is 3.56. The summed E-state index contributed by atoms with van der Waals surface area (Å²) in [6.07, 6.45) is 3.29. The smallest absolute Gasteiger partial charge is 0.277 e. The van der Waals surface area contributed by atoms with Crippen LogP contribution < -0.4 is 5.32 Å². The van der Waals surface area contributed by atoms with Gasteiger partial charge in [-0.2, -0.15) is 5.10 Å². The molecule has 0 aliphatic carbocycles. The van der Waals surface area contributed by atoms with E-state index in [1.165, 1.54) is 17.7 Å². The zero-order valence-corrected chi connectivity index (χ0v) is 17.2. The van der Waals surface area contributed by atoms with Crippen LogP contribution in [0.3, 0.4) is 0 Å². The molecule has 0 radical (unpaired) electrons. The molecule has 0 saturated carbocycles. The second-order valence-corrected chi connectivity index (χ2v) is 7.64. The number of carbonyl (C=O) groups is 1. The highest BCUT2D eigenvalue weighted by atomic mass is 32.1. The van der Waals surface area contributed by atoms with E-state index in [0.717, 1.165) is 28.2 Å². The van der Waals surface area contributed by atoms with E-state index >= 15 is 0 Å². The number of anilines is 1. The van der Waals surface area contributed by atoms with Gasteiger partial charge in [0.25, 0.3) is 5.91 Å². The van der Waals surface area contributed by atoms with Crippen molar-refractivity contribution < 1.29 is 4.79 Å². The van der Waals surface area contributed by atoms with Crippen molar-refractivity contribution in [3.05, 3.63) is 83.8 Å². The lowest BCUT2D eigenvalue weighted by Crippen LogP contribution is -2.13. The number of tetrazole rings is 1. The van der Waals surface area contributed by atoms with Crippen molar-refractivity contribution in [2.75, 3.05) is 5.32 Å². The van der Waals surface area contributed by atoms with E-state index in [1.54, 1.807) is 21.6 Å². The van der Waals surface area contributed by atoms with Gasteiger partial charge < -0.3 is 0 Å². The van der Waals surface area contributed by atoms with E-state index in [0.29, 0.717) is 10.8 Å². The number of nitrogens with one attached hydrogen (secondary N) is 1. The molecule has 0 aliphatic rings. The molecule has 152 valence electrons. The lowest BCUT2D eigenvalue weighted by atomic mass is 10.1. The van der Waals surface area contributed by atoms with Gasteiger partial charge in [-0.1, -0.05) is 29.8 Å². The van der Waals surface area contributed by atoms with Crippen LogP contribution in [0.5, 0.6) is 0 Å². The zero-order chi connectivity index (χ0) is 21.2. The van der Waals surface area contributed by atoms with Crippen molar-refractivity contribution in [1.29, 1.82) is 0 Å². The van der Waals surface area contributed by atoms with Gasteiger partial charge in [0.15, 0.2) is 10.8 Å². The van der Waals surface area contributed by atoms with Crippen molar-refractivity contribution in [3.63, 3.8) is 0 Å². The molecule has 0 spiro atoms. The van der Waals surface area contributed by atoms with Crippen LogP contribution in [0.15, 0.2) is 72.5 Å². The normalized spacial score (nSPS) is 10.9. The lowest BCUT2D eigenvalue weighted by Gasteiger charge is -2.02. The first-order chi connectivity index (χ1) is 15.2. The molecular weight excluding hydrogens is 412 g/mol. The molecule has 9 nitrogen and oxygen atoms in total. The van der Waals surface area contributed by atoms with E-state index in [2.05, 4.69) is 30.9 Å². The van der Waals surface area contributed by atoms with Gasteiger partial charge in [0.2, 0.25) is 0 Å². The Labute approximate surface area is 181 Å². The van der Waals surface area contributed by atoms with Crippen molar-refractivity contribution in [2.45, 2.75) is 6.92 Å². The summed E-state index contributed by atoms with van der Waals surface area (Å²) in [5.41, 5.74) is 4.84. The molecule has 0 atom stereocenters. The Morgan fingerprint density at radius 3 is 2.71 bits per heavy atom. The maximum absolute atomic E-state index is 12.6. The summed E-state index contributed by atoms with van der Waals surface area (Å²) in [6.45, 7) is 2.02. The highest BCUT2D eigenvalue weighted by Crippen LogP contribution is 2.26. The fourth-order valence-electron chi connectivity index (χ4n) is 3.00. The van der Waals surface area contributed by atoms with Crippen molar-refractivity contribution >= 4 is 22.4 Å². The quantitative estimate of drug-likeness (QED) is 0.459. The number of thiazole rings is 1. The minimum Gasteiger partial charge on any atom is -0.296 e. The number of hydrogen-bond acceptors (Lipinski definition) is 7. The molecule has 1 amide bonds. The summed E-state index contributed by atoms with van der Waals surface area (Å²) in [7, 11) is 0. The number of amides is 1. The summed E-state index contributed by atoms with van der Waals surface area (Å²) in [4.78, 5) is 17.2. The molecule has 1 N–H and O–H groups in total. The minimum absolute atomic E-state index is 0.311. The largest absolute Gasteiger partial charge is 0.296 e. The molecule has 31 heavy (non-hydrogen) atoms. The first kappa shape index (κ1) is 18.8. The van der Waals surface area contributed by atoms with E-state index in [-0.39, 0.29) is 5.91 Å². The molecule has 5 aromatic rings. The molecular formula is C21H16N8OS. The van der Waals surface area contributed by atoms with Crippen LogP contribution in [0.1, 0.15) is 16.1 Å². The van der Waals surface area contributed by atoms with Gasteiger partial charge in [-0.25, -0.2) is 14.3 Å². The molecule has 10 heteroatoms. The number of rotatable bonds is 5. The Morgan fingerprint density at radius 2 is 1.90 bits per heavy atom. The van der Waals surface area contributed by atoms with Crippen molar-refractivity contribution in [1.82, 2.24) is 35.0 Å². The van der Waals surface area contributed by atoms with Crippen molar-refractivity contribution in [2.24, 2.45) is 0 Å². The summed E-state index contributed by atoms with van der Waals surface area (Å²) in [5, 5.41) is 20.8. The van der Waals surface area contributed by atoms with Crippen molar-refractivity contribution in [3.8, 4) is 22.6 Å². The third-order valence-electron chi connectivity index (χ3n) is 4.60. The Morgan fingerprint density at radius 1 is 1.03 bits per heavy atom. The molecule has 3 heterocycles. The fourth-order valence-corrected chi connectivity index (χ4v) is 3.71. The number of hydrogen-bond donors (Lipinski definition) is 1. The second-order valence-electron chi connectivity index (χ2n) is 6.78. The minimum atomic E-state index is -0.311. The van der Waals surface area contributed by atoms with Crippen LogP contribution in [0, 0.1) is 6.92 Å². The van der Waals surface area contributed by atoms with Gasteiger partial charge in [-0.05, 0) is 47.7 Å². The molecule has 2 aromatic carbocycles. The Bertz CT molecular complexity index is 1340. The zero-order valence-electron chi connectivity index (χ0n) is 16.4. The van der Waals surface area contributed by atoms with E-state index in [1.807, 2.05) is 60.8 Å². The maximum atomic E-state index is 12.6. The fraction of sp³-hybridized carbons (Fsp3) is 0.0476. The highest BCUT2D eigenvalue weighted by Gasteiger charge is 2.14. The van der Waals surface area contributed by atoms with Crippen LogP contribution >= 0.6 is 11.3 Å². The Hall–Kier alpha value is -4.18. The van der Waals surface area contributed by atoms with Crippen LogP contribution in [-0.4, -0.2) is 40.9 Å². The first-order valence-corrected chi connectivity index (χ1v) is 10.3. The summed E-state index contributed by atoms with van der Waals surface area (Å²) in [6, 6.07) is 17.3. The molecule has 3 aromatic heterocycles. The third kappa shape index (κ3) is 3.96. The predicted octanol–water partition coefficient (Wildman–Crippen LogP) is 3.53. The number of benzene rings is 2. The lowest BCUT2D eigenvalue weighted by molar-refractivity contribution is 0.102. The van der Waals surface area contributed by atoms with Crippen LogP contribution in [0.25, 0.3) is 22.6 Å². The standard InChI is InChI=1S/C21H16N8OS/c1-14-5-7-16(8-6-14)28-10-9-18(25-28)20(30)24-21-23-19(12-31-21)15-3-2-4-17(11-15)29-13-22-26-27-29/h2-13H,1H3,(H,23,24,30). The van der Waals surface area contributed by atoms with E-state index in [9.17, 15) is 4.79 Å². The molecule has 0 saturated heterocycles. The third-order valence-corrected chi connectivity index (χ3v) is 5.36. The SMILES string of the molecule is Cc1ccc(-n2ccc(C(=O)Nc3nc(-c4cccc(-n5cnnn5)c4)cs3)n2)cc1. The average molecular weight is 428 g/mol. The number of aryl methyl sites for hydroxylation is 1. The first-order valence-electron chi connectivity index (χ1n) is 9.39. The maximum Gasteiger partial charge on any atom is 0.277 e. The molecule has 0 fully saturated rings. The van der Waals surface area contributed by atoms with E-state index in [4.69, 9.17) is 0 Å². The van der Waals surface area contributed by atoms with Crippen LogP contribution in [0.2, 0.25) is 0 Å². The molecule has 0 aliphatic heterocycles. The van der Waals surface area contributed by atoms with Crippen LogP contribution in [0.4, 0.5) is 5.13 Å². The molecule has 5 rings (SSSR count). The van der Waals surface area contributed by atoms with Gasteiger partial charge in [0.1, 0.15) is 6.33 Å². The van der Waals surface area contributed by atoms with Crippen LogP contribution in [-0.2, 0) is 0 Å². The highest BCUT2D eigenvalue weighted by molar-refractivity contribution is 7.14. The number of nitrogens with zero attached hydrogens (tertiary/aromatic N) is 7. The van der Waals surface area contributed by atoms with Gasteiger partial charge in [0.05, 0.1) is 17.1 Å². The molecule has 0 bridgehead atoms. The number of aromatic nitrogens is 7. The second kappa shape index (κ2) is 7.92. The summed E-state index contributed by atoms with van der Waals surface area (Å²) < 4.78 is 3.25. The summed E-state index contributed by atoms with van der Waals surface area (Å²) in [5.74, 6) is -0.311. The topological polar surface area (TPSA) is 103 Å².